The highest BCUT2D eigenvalue weighted by atomic mass is 16.5. The Kier molecular flexibility index (Phi) is 3.36. The number of hydrogen-bond donors (Lipinski definition) is 2. The molecule has 0 bridgehead atoms. The fourth-order valence-corrected chi connectivity index (χ4v) is 1.37. The Bertz CT molecular complexity index is 377. The summed E-state index contributed by atoms with van der Waals surface area (Å²) in [7, 11) is 1.53. The molecule has 1 aliphatic rings. The summed E-state index contributed by atoms with van der Waals surface area (Å²) in [5.41, 5.74) is 0.604. The van der Waals surface area contributed by atoms with Crippen molar-refractivity contribution in [2.24, 2.45) is 0 Å². The number of carbonyl (C=O) groups is 1. The van der Waals surface area contributed by atoms with E-state index in [1.807, 2.05) is 0 Å². The molecule has 0 unspecified atom stereocenters. The van der Waals surface area contributed by atoms with Crippen LogP contribution in [0.5, 0.6) is 5.88 Å². The maximum absolute atomic E-state index is 11.6. The van der Waals surface area contributed by atoms with Crippen LogP contribution in [0, 0.1) is 0 Å². The van der Waals surface area contributed by atoms with Crippen LogP contribution in [0.25, 0.3) is 0 Å². The molecule has 1 aliphatic carbocycles. The lowest BCUT2D eigenvalue weighted by atomic mass is 10.4. The average molecular weight is 221 g/mol. The highest BCUT2D eigenvalue weighted by Gasteiger charge is 2.21. The van der Waals surface area contributed by atoms with Crippen LogP contribution in [0.2, 0.25) is 0 Å². The molecule has 5 nitrogen and oxygen atoms in total. The Balaban J connectivity index is 1.88. The standard InChI is InChI=1S/C11H15N3O2/c1-16-11-9(3-2-6-12-11)14-10(15)7-13-8-4-5-8/h2-3,6,8,13H,4-5,7H2,1H3,(H,14,15). The molecule has 86 valence electrons. The van der Waals surface area contributed by atoms with Crippen molar-refractivity contribution in [3.63, 3.8) is 0 Å². The zero-order valence-electron chi connectivity index (χ0n) is 9.19. The van der Waals surface area contributed by atoms with Crippen LogP contribution in [0.4, 0.5) is 5.69 Å². The Morgan fingerprint density at radius 1 is 1.62 bits per heavy atom. The summed E-state index contributed by atoms with van der Waals surface area (Å²) in [5.74, 6) is 0.362. The lowest BCUT2D eigenvalue weighted by molar-refractivity contribution is -0.115. The van der Waals surface area contributed by atoms with Gasteiger partial charge in [-0.15, -0.1) is 0 Å². The van der Waals surface area contributed by atoms with E-state index in [0.29, 0.717) is 24.2 Å². The SMILES string of the molecule is COc1ncccc1NC(=O)CNC1CC1. The number of ether oxygens (including phenoxy) is 1. The highest BCUT2D eigenvalue weighted by molar-refractivity contribution is 5.93. The summed E-state index contributed by atoms with van der Waals surface area (Å²) in [6, 6.07) is 4.05. The molecule has 0 aromatic carbocycles. The van der Waals surface area contributed by atoms with E-state index in [1.165, 1.54) is 20.0 Å². The van der Waals surface area contributed by atoms with Gasteiger partial charge in [-0.25, -0.2) is 4.98 Å². The third-order valence-electron chi connectivity index (χ3n) is 2.37. The molecule has 2 N–H and O–H groups in total. The number of methoxy groups -OCH3 is 1. The Hall–Kier alpha value is -1.62. The summed E-state index contributed by atoms with van der Waals surface area (Å²) in [4.78, 5) is 15.6. The predicted molar refractivity (Wildman–Crippen MR) is 60.4 cm³/mol. The minimum Gasteiger partial charge on any atom is -0.480 e. The van der Waals surface area contributed by atoms with E-state index in [0.717, 1.165) is 0 Å². The van der Waals surface area contributed by atoms with E-state index in [9.17, 15) is 4.79 Å². The van der Waals surface area contributed by atoms with Crippen LogP contribution in [0.1, 0.15) is 12.8 Å². The number of anilines is 1. The van der Waals surface area contributed by atoms with Gasteiger partial charge in [0.2, 0.25) is 11.8 Å². The minimum absolute atomic E-state index is 0.0711. The molecule has 1 aromatic rings. The minimum atomic E-state index is -0.0711. The fourth-order valence-electron chi connectivity index (χ4n) is 1.37. The zero-order chi connectivity index (χ0) is 11.4. The van der Waals surface area contributed by atoms with Crippen molar-refractivity contribution in [2.75, 3.05) is 19.0 Å². The molecular formula is C11H15N3O2. The Labute approximate surface area is 94.2 Å². The van der Waals surface area contributed by atoms with Gasteiger partial charge in [0.25, 0.3) is 0 Å². The monoisotopic (exact) mass is 221 g/mol. The summed E-state index contributed by atoms with van der Waals surface area (Å²) < 4.78 is 5.04. The maximum atomic E-state index is 11.6. The first-order valence-corrected chi connectivity index (χ1v) is 5.32. The molecule has 5 heteroatoms. The number of pyridine rings is 1. The second kappa shape index (κ2) is 4.94. The smallest absolute Gasteiger partial charge is 0.238 e. The van der Waals surface area contributed by atoms with Gasteiger partial charge < -0.3 is 15.4 Å². The van der Waals surface area contributed by atoms with Crippen molar-refractivity contribution in [3.8, 4) is 5.88 Å². The molecule has 1 heterocycles. The fraction of sp³-hybridized carbons (Fsp3) is 0.455. The summed E-state index contributed by atoms with van der Waals surface area (Å²) in [6.07, 6.45) is 3.96. The second-order valence-corrected chi connectivity index (χ2v) is 3.76. The van der Waals surface area contributed by atoms with Gasteiger partial charge in [0.15, 0.2) is 0 Å². The van der Waals surface area contributed by atoms with Gasteiger partial charge in [0.05, 0.1) is 13.7 Å². The van der Waals surface area contributed by atoms with Gasteiger partial charge in [-0.1, -0.05) is 0 Å². The van der Waals surface area contributed by atoms with Crippen molar-refractivity contribution < 1.29 is 9.53 Å². The molecule has 2 rings (SSSR count). The quantitative estimate of drug-likeness (QED) is 0.771. The molecule has 16 heavy (non-hydrogen) atoms. The van der Waals surface area contributed by atoms with Crippen LogP contribution in [0.15, 0.2) is 18.3 Å². The topological polar surface area (TPSA) is 63.2 Å². The van der Waals surface area contributed by atoms with Gasteiger partial charge in [-0.05, 0) is 25.0 Å². The van der Waals surface area contributed by atoms with E-state index < -0.39 is 0 Å². The molecule has 0 saturated heterocycles. The number of nitrogens with one attached hydrogen (secondary N) is 2. The number of amides is 1. The van der Waals surface area contributed by atoms with Gasteiger partial charge in [0.1, 0.15) is 5.69 Å². The lowest BCUT2D eigenvalue weighted by Gasteiger charge is -2.08. The largest absolute Gasteiger partial charge is 0.480 e. The Morgan fingerprint density at radius 2 is 2.44 bits per heavy atom. The molecule has 0 atom stereocenters. The third kappa shape index (κ3) is 2.93. The predicted octanol–water partition coefficient (Wildman–Crippen LogP) is 0.781. The molecule has 1 fully saturated rings. The lowest BCUT2D eigenvalue weighted by Crippen LogP contribution is -2.29. The number of aromatic nitrogens is 1. The summed E-state index contributed by atoms with van der Waals surface area (Å²) >= 11 is 0. The van der Waals surface area contributed by atoms with Crippen molar-refractivity contribution in [3.05, 3.63) is 18.3 Å². The van der Waals surface area contributed by atoms with Crippen LogP contribution in [-0.4, -0.2) is 30.6 Å². The van der Waals surface area contributed by atoms with Crippen LogP contribution in [0.3, 0.4) is 0 Å². The molecular weight excluding hydrogens is 206 g/mol. The van der Waals surface area contributed by atoms with E-state index >= 15 is 0 Å². The number of nitrogens with zero attached hydrogens (tertiary/aromatic N) is 1. The van der Waals surface area contributed by atoms with E-state index in [4.69, 9.17) is 4.74 Å². The molecule has 1 saturated carbocycles. The molecule has 1 amide bonds. The average Bonchev–Trinajstić information content (AvgIpc) is 3.11. The van der Waals surface area contributed by atoms with Gasteiger partial charge in [-0.2, -0.15) is 0 Å². The first kappa shape index (κ1) is 10.9. The third-order valence-corrected chi connectivity index (χ3v) is 2.37. The van der Waals surface area contributed by atoms with Gasteiger partial charge in [0, 0.05) is 12.2 Å². The zero-order valence-corrected chi connectivity index (χ0v) is 9.19. The molecule has 0 radical (unpaired) electrons. The highest BCUT2D eigenvalue weighted by Crippen LogP contribution is 2.20. The van der Waals surface area contributed by atoms with E-state index in [2.05, 4.69) is 15.6 Å². The van der Waals surface area contributed by atoms with Crippen molar-refractivity contribution in [1.29, 1.82) is 0 Å². The van der Waals surface area contributed by atoms with Crippen molar-refractivity contribution >= 4 is 11.6 Å². The number of hydrogen-bond acceptors (Lipinski definition) is 4. The molecule has 0 spiro atoms. The van der Waals surface area contributed by atoms with E-state index in [-0.39, 0.29) is 5.91 Å². The van der Waals surface area contributed by atoms with Crippen LogP contribution in [-0.2, 0) is 4.79 Å². The normalized spacial score (nSPS) is 14.6. The van der Waals surface area contributed by atoms with Crippen molar-refractivity contribution in [1.82, 2.24) is 10.3 Å². The first-order chi connectivity index (χ1) is 7.79. The summed E-state index contributed by atoms with van der Waals surface area (Å²) in [6.45, 7) is 0.336. The molecule has 1 aromatic heterocycles. The van der Waals surface area contributed by atoms with Crippen LogP contribution < -0.4 is 15.4 Å². The van der Waals surface area contributed by atoms with Crippen LogP contribution >= 0.6 is 0 Å². The first-order valence-electron chi connectivity index (χ1n) is 5.32. The maximum Gasteiger partial charge on any atom is 0.238 e. The molecule has 0 aliphatic heterocycles. The second-order valence-electron chi connectivity index (χ2n) is 3.76. The summed E-state index contributed by atoms with van der Waals surface area (Å²) in [5, 5.41) is 5.90. The Morgan fingerprint density at radius 3 is 3.12 bits per heavy atom. The number of rotatable bonds is 5. The van der Waals surface area contributed by atoms with E-state index in [1.54, 1.807) is 18.3 Å². The van der Waals surface area contributed by atoms with Gasteiger partial charge >= 0.3 is 0 Å². The number of carbonyl (C=O) groups excluding carboxylic acids is 1. The van der Waals surface area contributed by atoms with Gasteiger partial charge in [-0.3, -0.25) is 4.79 Å². The van der Waals surface area contributed by atoms with Crippen molar-refractivity contribution in [2.45, 2.75) is 18.9 Å².